The van der Waals surface area contributed by atoms with Gasteiger partial charge in [-0.1, -0.05) is 12.1 Å². The predicted molar refractivity (Wildman–Crippen MR) is 60.2 cm³/mol. The molecule has 0 aliphatic heterocycles. The third-order valence-electron chi connectivity index (χ3n) is 3.03. The molecular weight excluding hydrogens is 233 g/mol. The van der Waals surface area contributed by atoms with Crippen molar-refractivity contribution >= 4 is 18.4 Å². The van der Waals surface area contributed by atoms with Crippen LogP contribution in [0.4, 0.5) is 4.39 Å². The first-order valence-electron chi connectivity index (χ1n) is 4.80. The highest BCUT2D eigenvalue weighted by molar-refractivity contribution is 5.85. The molecule has 0 heterocycles. The molecule has 0 amide bonds. The van der Waals surface area contributed by atoms with E-state index >= 15 is 0 Å². The van der Waals surface area contributed by atoms with Gasteiger partial charge < -0.3 is 10.8 Å². The van der Waals surface area contributed by atoms with Crippen molar-refractivity contribution in [2.24, 2.45) is 5.73 Å². The molecule has 5 heteroatoms. The summed E-state index contributed by atoms with van der Waals surface area (Å²) in [6.07, 6.45) is 0.849. The molecule has 0 atom stereocenters. The maximum Gasteiger partial charge on any atom is 0.314 e. The Morgan fingerprint density at radius 3 is 2.25 bits per heavy atom. The largest absolute Gasteiger partial charge is 0.481 e. The Kier molecular flexibility index (Phi) is 3.55. The number of hydrogen-bond donors (Lipinski definition) is 2. The maximum atomic E-state index is 12.7. The van der Waals surface area contributed by atoms with Crippen LogP contribution in [0.25, 0.3) is 0 Å². The lowest BCUT2D eigenvalue weighted by Gasteiger charge is -2.42. The Balaban J connectivity index is 0.00000128. The molecule has 1 aromatic carbocycles. The van der Waals surface area contributed by atoms with Gasteiger partial charge in [0, 0.05) is 6.04 Å². The number of halogens is 2. The summed E-state index contributed by atoms with van der Waals surface area (Å²) in [5.41, 5.74) is 5.36. The van der Waals surface area contributed by atoms with E-state index < -0.39 is 11.4 Å². The van der Waals surface area contributed by atoms with Crippen LogP contribution in [0.3, 0.4) is 0 Å². The Hall–Kier alpha value is -1.13. The number of benzene rings is 1. The van der Waals surface area contributed by atoms with Gasteiger partial charge in [0.05, 0.1) is 5.41 Å². The van der Waals surface area contributed by atoms with Gasteiger partial charge in [0.2, 0.25) is 0 Å². The van der Waals surface area contributed by atoms with Crippen LogP contribution in [0, 0.1) is 5.82 Å². The molecular formula is C11H13ClFNO2. The highest BCUT2D eigenvalue weighted by Crippen LogP contribution is 2.43. The monoisotopic (exact) mass is 245 g/mol. The molecule has 3 nitrogen and oxygen atoms in total. The van der Waals surface area contributed by atoms with Gasteiger partial charge in [-0.25, -0.2) is 4.39 Å². The summed E-state index contributed by atoms with van der Waals surface area (Å²) in [6.45, 7) is 0. The molecule has 88 valence electrons. The number of aliphatic carboxylic acids is 1. The minimum atomic E-state index is -0.896. The summed E-state index contributed by atoms with van der Waals surface area (Å²) in [5.74, 6) is -1.24. The second kappa shape index (κ2) is 4.39. The lowest BCUT2D eigenvalue weighted by molar-refractivity contribution is -0.148. The predicted octanol–water partition coefficient (Wildman–Crippen LogP) is 1.69. The summed E-state index contributed by atoms with van der Waals surface area (Å²) < 4.78 is 12.7. The molecule has 0 unspecified atom stereocenters. The van der Waals surface area contributed by atoms with Crippen LogP contribution in [-0.4, -0.2) is 17.1 Å². The fourth-order valence-corrected chi connectivity index (χ4v) is 2.14. The van der Waals surface area contributed by atoms with Crippen LogP contribution in [0.15, 0.2) is 24.3 Å². The van der Waals surface area contributed by atoms with Gasteiger partial charge in [0.25, 0.3) is 0 Å². The van der Waals surface area contributed by atoms with E-state index in [4.69, 9.17) is 5.73 Å². The van der Waals surface area contributed by atoms with Crippen molar-refractivity contribution in [2.75, 3.05) is 0 Å². The molecule has 1 aliphatic carbocycles. The zero-order valence-electron chi connectivity index (χ0n) is 8.52. The van der Waals surface area contributed by atoms with Crippen molar-refractivity contribution in [3.05, 3.63) is 35.6 Å². The second-order valence-corrected chi connectivity index (χ2v) is 4.06. The summed E-state index contributed by atoms with van der Waals surface area (Å²) in [5, 5.41) is 9.17. The van der Waals surface area contributed by atoms with Gasteiger partial charge in [-0.15, -0.1) is 12.4 Å². The van der Waals surface area contributed by atoms with E-state index in [-0.39, 0.29) is 24.3 Å². The Bertz CT molecular complexity index is 387. The third kappa shape index (κ3) is 1.90. The highest BCUT2D eigenvalue weighted by Gasteiger charge is 2.50. The number of nitrogens with two attached hydrogens (primary N) is 1. The van der Waals surface area contributed by atoms with Crippen LogP contribution in [0.5, 0.6) is 0 Å². The first-order valence-corrected chi connectivity index (χ1v) is 4.80. The van der Waals surface area contributed by atoms with Crippen molar-refractivity contribution < 1.29 is 14.3 Å². The highest BCUT2D eigenvalue weighted by atomic mass is 35.5. The van der Waals surface area contributed by atoms with E-state index in [0.29, 0.717) is 18.4 Å². The number of hydrogen-bond acceptors (Lipinski definition) is 2. The third-order valence-corrected chi connectivity index (χ3v) is 3.03. The molecule has 1 fully saturated rings. The fourth-order valence-electron chi connectivity index (χ4n) is 2.14. The minimum absolute atomic E-state index is 0. The van der Waals surface area contributed by atoms with E-state index in [9.17, 15) is 14.3 Å². The van der Waals surface area contributed by atoms with Crippen LogP contribution < -0.4 is 5.73 Å². The lowest BCUT2D eigenvalue weighted by atomic mass is 9.62. The molecule has 0 aromatic heterocycles. The summed E-state index contributed by atoms with van der Waals surface area (Å²) in [4.78, 5) is 11.2. The van der Waals surface area contributed by atoms with Gasteiger partial charge in [0.1, 0.15) is 5.82 Å². The fraction of sp³-hybridized carbons (Fsp3) is 0.364. The smallest absolute Gasteiger partial charge is 0.314 e. The average molecular weight is 246 g/mol. The minimum Gasteiger partial charge on any atom is -0.481 e. The lowest BCUT2D eigenvalue weighted by Crippen LogP contribution is -2.54. The topological polar surface area (TPSA) is 63.3 Å². The van der Waals surface area contributed by atoms with Crippen molar-refractivity contribution in [3.63, 3.8) is 0 Å². The SMILES string of the molecule is Cl.NC1CC(C(=O)O)(c2ccc(F)cc2)C1. The number of carbonyl (C=O) groups is 1. The zero-order chi connectivity index (χ0) is 11.1. The Morgan fingerprint density at radius 2 is 1.88 bits per heavy atom. The molecule has 2 rings (SSSR count). The van der Waals surface area contributed by atoms with E-state index in [1.54, 1.807) is 0 Å². The summed E-state index contributed by atoms with van der Waals surface area (Å²) >= 11 is 0. The molecule has 3 N–H and O–H groups in total. The van der Waals surface area contributed by atoms with Crippen LogP contribution in [-0.2, 0) is 10.2 Å². The molecule has 1 aliphatic rings. The second-order valence-electron chi connectivity index (χ2n) is 4.06. The summed E-state index contributed by atoms with van der Waals surface area (Å²) in [7, 11) is 0. The molecule has 0 spiro atoms. The number of rotatable bonds is 2. The van der Waals surface area contributed by atoms with E-state index in [2.05, 4.69) is 0 Å². The van der Waals surface area contributed by atoms with Crippen LogP contribution >= 0.6 is 12.4 Å². The van der Waals surface area contributed by atoms with Crippen molar-refractivity contribution in [1.82, 2.24) is 0 Å². The molecule has 0 bridgehead atoms. The van der Waals surface area contributed by atoms with Crippen LogP contribution in [0.2, 0.25) is 0 Å². The van der Waals surface area contributed by atoms with E-state index in [0.717, 1.165) is 0 Å². The number of carboxylic acids is 1. The summed E-state index contributed by atoms with van der Waals surface area (Å²) in [6, 6.07) is 5.55. The van der Waals surface area contributed by atoms with Crippen molar-refractivity contribution in [3.8, 4) is 0 Å². The maximum absolute atomic E-state index is 12.7. The molecule has 1 aromatic rings. The standard InChI is InChI=1S/C11H12FNO2.ClH/c12-8-3-1-7(2-4-8)11(10(14)15)5-9(13)6-11;/h1-4,9H,5-6,13H2,(H,14,15);1H. The van der Waals surface area contributed by atoms with E-state index in [1.165, 1.54) is 24.3 Å². The van der Waals surface area contributed by atoms with Gasteiger partial charge in [-0.05, 0) is 30.5 Å². The molecule has 0 radical (unpaired) electrons. The van der Waals surface area contributed by atoms with E-state index in [1.807, 2.05) is 0 Å². The molecule has 1 saturated carbocycles. The number of carboxylic acid groups (broad SMARTS) is 1. The Labute approximate surface area is 98.9 Å². The quantitative estimate of drug-likeness (QED) is 0.834. The molecule has 16 heavy (non-hydrogen) atoms. The molecule has 0 saturated heterocycles. The van der Waals surface area contributed by atoms with Gasteiger partial charge in [-0.2, -0.15) is 0 Å². The van der Waals surface area contributed by atoms with Crippen LogP contribution in [0.1, 0.15) is 18.4 Å². The first kappa shape index (κ1) is 12.9. The van der Waals surface area contributed by atoms with Crippen molar-refractivity contribution in [2.45, 2.75) is 24.3 Å². The zero-order valence-corrected chi connectivity index (χ0v) is 9.34. The van der Waals surface area contributed by atoms with Crippen molar-refractivity contribution in [1.29, 1.82) is 0 Å². The first-order chi connectivity index (χ1) is 7.04. The Morgan fingerprint density at radius 1 is 1.38 bits per heavy atom. The van der Waals surface area contributed by atoms with Gasteiger partial charge in [-0.3, -0.25) is 4.79 Å². The van der Waals surface area contributed by atoms with Gasteiger partial charge >= 0.3 is 5.97 Å². The average Bonchev–Trinajstić information content (AvgIpc) is 2.13. The normalized spacial score (nSPS) is 27.8. The van der Waals surface area contributed by atoms with Gasteiger partial charge in [0.15, 0.2) is 0 Å².